The summed E-state index contributed by atoms with van der Waals surface area (Å²) in [5.41, 5.74) is 24.4. The number of ether oxygens (including phenoxy) is 6. The van der Waals surface area contributed by atoms with Crippen LogP contribution in [0.15, 0.2) is 89.9 Å². The Hall–Kier alpha value is -10.8. The van der Waals surface area contributed by atoms with Gasteiger partial charge in [0, 0.05) is 36.2 Å². The summed E-state index contributed by atoms with van der Waals surface area (Å²) in [6, 6.07) is -0.606. The number of rotatable bonds is 18. The number of fused-ring (bicyclic) bond motifs is 15. The zero-order valence-corrected chi connectivity index (χ0v) is 60.5. The Bertz CT molecular complexity index is 4380. The lowest BCUT2D eigenvalue weighted by Gasteiger charge is -2.47. The van der Waals surface area contributed by atoms with Crippen LogP contribution in [0.25, 0.3) is 11.1 Å². The number of nitrogens with two attached hydrogens (primary N) is 5. The predicted molar refractivity (Wildman–Crippen MR) is 385 cm³/mol. The molecule has 2 saturated heterocycles. The molecule has 0 radical (unpaired) electrons. The number of hydrogen-bond donors (Lipinski definition) is 21. The minimum absolute atomic E-state index is 0.0133. The van der Waals surface area contributed by atoms with Gasteiger partial charge in [-0.15, -0.1) is 0 Å². The average Bonchev–Trinajstić information content (AvgIpc) is 1.32. The number of phenolic OH excluding ortho intramolecular Hbond substituents is 3. The maximum absolute atomic E-state index is 16.2. The molecule has 10 amide bonds. The van der Waals surface area contributed by atoms with Gasteiger partial charge in [0.25, 0.3) is 5.91 Å². The third kappa shape index (κ3) is 18.1. The second-order valence-corrected chi connectivity index (χ2v) is 28.2. The first-order chi connectivity index (χ1) is 52.0. The van der Waals surface area contributed by atoms with Crippen molar-refractivity contribution in [3.63, 3.8) is 0 Å². The van der Waals surface area contributed by atoms with Crippen LogP contribution in [-0.4, -0.2) is 210 Å². The summed E-state index contributed by atoms with van der Waals surface area (Å²) in [5.74, 6) is -15.9. The molecule has 38 nitrogen and oxygen atoms in total. The summed E-state index contributed by atoms with van der Waals surface area (Å²) < 4.78 is 38.5. The number of halogens is 1. The zero-order valence-electron chi connectivity index (χ0n) is 59.7. The van der Waals surface area contributed by atoms with Crippen LogP contribution in [0.4, 0.5) is 10.5 Å². The van der Waals surface area contributed by atoms with Crippen molar-refractivity contribution in [3.05, 3.63) is 112 Å². The van der Waals surface area contributed by atoms with Gasteiger partial charge in [-0.3, -0.25) is 43.3 Å². The molecule has 26 N–H and O–H groups in total. The van der Waals surface area contributed by atoms with Crippen molar-refractivity contribution in [3.8, 4) is 57.1 Å². The molecule has 39 heteroatoms. The number of aliphatic imine (C=N–C) groups is 1. The van der Waals surface area contributed by atoms with Gasteiger partial charge < -0.3 is 140 Å². The molecule has 5 aromatic rings. The van der Waals surface area contributed by atoms with Crippen molar-refractivity contribution >= 4 is 76.5 Å². The maximum atomic E-state index is 16.2. The molecule has 0 aliphatic carbocycles. The predicted octanol–water partition coefficient (Wildman–Crippen LogP) is -1.84. The number of phenols is 3. The van der Waals surface area contributed by atoms with Gasteiger partial charge in [-0.1, -0.05) is 49.7 Å². The first-order valence-corrected chi connectivity index (χ1v) is 35.1. The summed E-state index contributed by atoms with van der Waals surface area (Å²) in [6.45, 7) is 5.56. The van der Waals surface area contributed by atoms with E-state index >= 15 is 24.0 Å². The van der Waals surface area contributed by atoms with Gasteiger partial charge in [0.2, 0.25) is 53.4 Å². The van der Waals surface area contributed by atoms with Gasteiger partial charge in [-0.05, 0) is 117 Å². The second kappa shape index (κ2) is 34.0. The van der Waals surface area contributed by atoms with Crippen LogP contribution in [0.5, 0.6) is 46.0 Å². The molecule has 5 aromatic carbocycles. The molecule has 7 aliphatic heterocycles. The lowest BCUT2D eigenvalue weighted by molar-refractivity contribution is -0.333. The number of aliphatic hydroxyl groups is 6. The van der Waals surface area contributed by atoms with E-state index in [0.717, 1.165) is 60.7 Å². The van der Waals surface area contributed by atoms with Gasteiger partial charge in [-0.2, -0.15) is 0 Å². The van der Waals surface area contributed by atoms with Gasteiger partial charge in [0.05, 0.1) is 47.6 Å². The number of guanidine groups is 1. The highest BCUT2D eigenvalue weighted by atomic mass is 35.5. The average molecular weight is 1560 g/mol. The molecule has 110 heavy (non-hydrogen) atoms. The minimum atomic E-state index is -2.46. The van der Waals surface area contributed by atoms with Crippen LogP contribution in [0.3, 0.4) is 0 Å². The van der Waals surface area contributed by atoms with Crippen molar-refractivity contribution in [2.75, 3.05) is 25.1 Å². The number of benzene rings is 5. The third-order valence-electron chi connectivity index (χ3n) is 19.0. The van der Waals surface area contributed by atoms with Gasteiger partial charge in [0.1, 0.15) is 95.5 Å². The summed E-state index contributed by atoms with van der Waals surface area (Å²) in [6.07, 6.45) is -19.0. The highest BCUT2D eigenvalue weighted by Gasteiger charge is 2.52. The first-order valence-electron chi connectivity index (χ1n) is 34.7. The van der Waals surface area contributed by atoms with Crippen LogP contribution >= 0.6 is 11.6 Å². The third-order valence-corrected chi connectivity index (χ3v) is 19.3. The Morgan fingerprint density at radius 3 is 2.04 bits per heavy atom. The molecular formula is C71H87ClN14O24. The number of anilines is 1. The number of carbonyl (C=O) groups is 9. The summed E-state index contributed by atoms with van der Waals surface area (Å²) in [5, 5.41) is 122. The van der Waals surface area contributed by atoms with Crippen LogP contribution in [0, 0.1) is 5.92 Å². The van der Waals surface area contributed by atoms with Crippen molar-refractivity contribution in [1.29, 1.82) is 0 Å². The molecule has 18 atom stereocenters. The number of nitrogens with one attached hydrogen (secondary N) is 7. The molecule has 2 fully saturated rings. The van der Waals surface area contributed by atoms with E-state index < -0.39 is 232 Å². The second-order valence-electron chi connectivity index (χ2n) is 27.8. The maximum Gasteiger partial charge on any atom is 0.329 e. The molecule has 7 heterocycles. The molecule has 11 bridgehead atoms. The number of hydrogen-bond acceptors (Lipinski definition) is 27. The zero-order chi connectivity index (χ0) is 80.2. The molecule has 12 rings (SSSR count). The van der Waals surface area contributed by atoms with Crippen LogP contribution in [0.2, 0.25) is 5.02 Å². The van der Waals surface area contributed by atoms with E-state index in [9.17, 15) is 65.1 Å². The lowest BCUT2D eigenvalue weighted by atomic mass is 9.86. The van der Waals surface area contributed by atoms with Crippen molar-refractivity contribution in [2.24, 2.45) is 39.6 Å². The van der Waals surface area contributed by atoms with E-state index in [1.165, 1.54) is 45.2 Å². The molecule has 592 valence electrons. The summed E-state index contributed by atoms with van der Waals surface area (Å²) in [4.78, 5) is 138. The van der Waals surface area contributed by atoms with E-state index in [4.69, 9.17) is 68.7 Å². The number of carbonyl (C=O) groups excluding carboxylic acids is 9. The number of aromatic hydroxyl groups is 3. The number of amides is 10. The van der Waals surface area contributed by atoms with Crippen molar-refractivity contribution in [1.82, 2.24) is 37.2 Å². The minimum Gasteiger partial charge on any atom is -0.508 e. The van der Waals surface area contributed by atoms with Gasteiger partial charge >= 0.3 is 6.03 Å². The fraction of sp³-hybridized carbons (Fsp3) is 0.437. The highest BCUT2D eigenvalue weighted by molar-refractivity contribution is 6.32. The standard InChI is InChI=1S/C71H87ClN14O24/c1-27(2)17-38(78-5)62(98)84-52-55(93)31-11-15-43(36(72)19-31)107-45-21-32-20-44(58(45)110-68-59(57(95)56(94)46(26-87)108-68)109-48-25-71(4,77)60(96)28(3)105-48)106-34-12-8-29(9-13-34)54(92)53-67(103)86(70(104)81-37(61(74)97)7-6-16-79-69(75)76)40-22-33(88)23-42(90)49(40)35-18-30(10-14-41(35)89)50(64(100)85-53)83-65(101)51(32)82-63(99)39(24-47(73)91)80-66(52)102/h8-15,18-23,27-28,37-39,46,48,50-57,59-60,68,78,87-90,92-96H,6-7,16-17,24-26,77H2,1-5H3,(H2,73,91)(H2,74,97)(H,80,102)(H,81,104)(H,82,99)(H,83,101)(H,84,98)(H,85,100)(H4,75,76,79)/t28-,37+,38+,39-,46?,48?,50+,51+,52+,53-,54+,55+,56?,57?,59?,60+,68?,71-/m0/s1. The topological polar surface area (TPSA) is 621 Å². The van der Waals surface area contributed by atoms with E-state index in [0.29, 0.717) is 0 Å². The Morgan fingerprint density at radius 1 is 0.745 bits per heavy atom. The van der Waals surface area contributed by atoms with E-state index in [1.807, 2.05) is 13.8 Å². The largest absolute Gasteiger partial charge is 0.508 e. The van der Waals surface area contributed by atoms with Gasteiger partial charge in [0.15, 0.2) is 29.9 Å². The fourth-order valence-corrected chi connectivity index (χ4v) is 13.5. The monoisotopic (exact) mass is 1550 g/mol. The van der Waals surface area contributed by atoms with E-state index in [-0.39, 0.29) is 82.2 Å². The Kier molecular flexibility index (Phi) is 25.3. The van der Waals surface area contributed by atoms with Gasteiger partial charge in [-0.25, -0.2) is 9.69 Å². The molecular weight excluding hydrogens is 1470 g/mol. The fourth-order valence-electron chi connectivity index (χ4n) is 13.3. The Morgan fingerprint density at radius 2 is 1.40 bits per heavy atom. The van der Waals surface area contributed by atoms with Crippen LogP contribution in [0.1, 0.15) is 106 Å². The number of aliphatic hydroxyl groups excluding tert-OH is 6. The lowest BCUT2D eigenvalue weighted by Crippen LogP contribution is -2.64. The number of likely N-dealkylation sites (N-methyl/N-ethyl adjacent to an activating group) is 1. The molecule has 7 aliphatic rings. The summed E-state index contributed by atoms with van der Waals surface area (Å²) in [7, 11) is 1.47. The first kappa shape index (κ1) is 81.8. The number of urea groups is 1. The number of nitrogens with zero attached hydrogens (tertiary/aromatic N) is 2. The van der Waals surface area contributed by atoms with Crippen molar-refractivity contribution < 1.29 is 118 Å². The molecule has 0 saturated carbocycles. The van der Waals surface area contributed by atoms with Crippen LogP contribution < -0.4 is 85.0 Å². The molecule has 0 aromatic heterocycles. The van der Waals surface area contributed by atoms with E-state index in [1.54, 1.807) is 0 Å². The molecule has 6 unspecified atom stereocenters. The number of primary amides is 2. The van der Waals surface area contributed by atoms with E-state index in [2.05, 4.69) is 42.2 Å². The quantitative estimate of drug-likeness (QED) is 0.0260. The normalized spacial score (nSPS) is 27.5. The number of imide groups is 1. The smallest absolute Gasteiger partial charge is 0.329 e. The van der Waals surface area contributed by atoms with Crippen molar-refractivity contribution in [2.45, 2.75) is 169 Å². The molecule has 0 spiro atoms. The highest BCUT2D eigenvalue weighted by Crippen LogP contribution is 2.50. The Labute approximate surface area is 631 Å². The summed E-state index contributed by atoms with van der Waals surface area (Å²) >= 11 is 7.09. The SMILES string of the molecule is CN[C@H](CC(C)C)C(=O)N[C@H]1C(=O)N[C@@H](CC(N)=O)C(=O)N[C@H]2C(=O)N[C@H]3C(=O)N[C@H](C(=O)N(C(=O)N[C@H](CCCN=C(N)N)C(N)=O)c4cc(O)cc(O)c4-c4cc3ccc4O)[C@H](O)c3ccc(cc3)Oc3cc2cc(c3OC2OC(CO)C(O)C(O)C2OC2C[C@](C)(N)[C@H](O)[C@H](C)O2)Oc2ccc(cc2Cl)[C@H]1O. The Balaban J connectivity index is 1.22. The van der Waals surface area contributed by atoms with Crippen LogP contribution in [-0.2, 0) is 52.6 Å².